The van der Waals surface area contributed by atoms with Gasteiger partial charge in [0.25, 0.3) is 5.97 Å². The van der Waals surface area contributed by atoms with Crippen molar-refractivity contribution in [2.24, 2.45) is 0 Å². The Kier molecular flexibility index (Phi) is 11.1. The van der Waals surface area contributed by atoms with E-state index in [4.69, 9.17) is 13.3 Å². The summed E-state index contributed by atoms with van der Waals surface area (Å²) >= 11 is 0. The third-order valence-electron chi connectivity index (χ3n) is 2.03. The molecule has 0 atom stereocenters. The van der Waals surface area contributed by atoms with Gasteiger partial charge in [-0.15, -0.1) is 0 Å². The minimum absolute atomic E-state index is 0. The molecule has 0 aliphatic heterocycles. The van der Waals surface area contributed by atoms with E-state index in [1.807, 2.05) is 0 Å². The second-order valence-corrected chi connectivity index (χ2v) is 5.95. The Bertz CT molecular complexity index is 173. The topological polar surface area (TPSA) is 44.8 Å². The van der Waals surface area contributed by atoms with Gasteiger partial charge in [-0.3, -0.25) is 4.79 Å². The monoisotopic (exact) mass is 227 g/mol. The Morgan fingerprint density at radius 1 is 1.20 bits per heavy atom. The van der Waals surface area contributed by atoms with Crippen molar-refractivity contribution in [1.82, 2.24) is 0 Å². The quantitative estimate of drug-likeness (QED) is 0.489. The van der Waals surface area contributed by atoms with Gasteiger partial charge >= 0.3 is 8.80 Å². The third-order valence-corrected chi connectivity index (χ3v) is 4.11. The first kappa shape index (κ1) is 17.6. The van der Waals surface area contributed by atoms with Crippen molar-refractivity contribution < 1.29 is 18.1 Å². The van der Waals surface area contributed by atoms with Crippen LogP contribution in [0.5, 0.6) is 0 Å². The molecule has 0 aromatic heterocycles. The van der Waals surface area contributed by atoms with Crippen molar-refractivity contribution in [1.29, 1.82) is 0 Å². The van der Waals surface area contributed by atoms with Gasteiger partial charge in [0.15, 0.2) is 0 Å². The van der Waals surface area contributed by atoms with Crippen LogP contribution in [0, 0.1) is 0 Å². The van der Waals surface area contributed by atoms with Gasteiger partial charge in [-0.1, -0.05) is 19.8 Å². The van der Waals surface area contributed by atoms with Crippen molar-refractivity contribution in [3.05, 3.63) is 0 Å². The first-order chi connectivity index (χ1) is 6.58. The number of unbranched alkanes of at least 4 members (excludes halogenated alkanes) is 2. The van der Waals surface area contributed by atoms with Crippen molar-refractivity contribution >= 4 is 33.6 Å². The van der Waals surface area contributed by atoms with Crippen LogP contribution in [-0.2, 0) is 18.1 Å². The summed E-state index contributed by atoms with van der Waals surface area (Å²) in [6.07, 6.45) is 3.46. The zero-order valence-electron chi connectivity index (χ0n) is 10.5. The molecule has 0 fully saturated rings. The molecule has 0 unspecified atom stereocenters. The van der Waals surface area contributed by atoms with E-state index in [0.717, 1.165) is 19.3 Å². The second-order valence-electron chi connectivity index (χ2n) is 3.20. The zero-order valence-corrected chi connectivity index (χ0v) is 11.5. The van der Waals surface area contributed by atoms with Crippen LogP contribution in [0.4, 0.5) is 0 Å². The van der Waals surface area contributed by atoms with E-state index >= 15 is 0 Å². The second kappa shape index (κ2) is 9.43. The summed E-state index contributed by atoms with van der Waals surface area (Å²) in [6.45, 7) is 3.79. The SMILES string of the molecule is CCCCCC(=O)O[Si](C)(OC)OC.[Li]. The van der Waals surface area contributed by atoms with Crippen LogP contribution in [0.2, 0.25) is 6.55 Å². The third kappa shape index (κ3) is 8.06. The summed E-state index contributed by atoms with van der Waals surface area (Å²) in [4.78, 5) is 11.3. The largest absolute Gasteiger partial charge is 0.564 e. The maximum Gasteiger partial charge on any atom is 0.564 e. The minimum Gasteiger partial charge on any atom is -0.473 e. The molecule has 0 heterocycles. The minimum atomic E-state index is -2.67. The number of carbonyl (C=O) groups is 1. The molecule has 1 radical (unpaired) electrons. The molecule has 85 valence electrons. The van der Waals surface area contributed by atoms with Crippen LogP contribution in [-0.4, -0.2) is 47.9 Å². The van der Waals surface area contributed by atoms with Gasteiger partial charge < -0.3 is 13.3 Å². The molecule has 0 N–H and O–H groups in total. The van der Waals surface area contributed by atoms with Crippen LogP contribution in [0.15, 0.2) is 0 Å². The van der Waals surface area contributed by atoms with E-state index in [0.29, 0.717) is 6.42 Å². The molecule has 0 aliphatic carbocycles. The van der Waals surface area contributed by atoms with Gasteiger partial charge in [-0.05, 0) is 6.42 Å². The van der Waals surface area contributed by atoms with Crippen LogP contribution < -0.4 is 0 Å². The van der Waals surface area contributed by atoms with Gasteiger partial charge in [-0.2, -0.15) is 0 Å². The molecule has 15 heavy (non-hydrogen) atoms. The van der Waals surface area contributed by atoms with E-state index in [1.54, 1.807) is 6.55 Å². The Hall–Kier alpha value is 0.204. The first-order valence-electron chi connectivity index (χ1n) is 4.90. The fourth-order valence-corrected chi connectivity index (χ4v) is 1.79. The standard InChI is InChI=1S/C9H20O4Si.Li/c1-5-6-7-8-9(10)13-14(4,11-2)12-3;/h5-8H2,1-4H3;. The molecule has 0 aromatic rings. The molecular weight excluding hydrogens is 207 g/mol. The molecule has 0 amide bonds. The van der Waals surface area contributed by atoms with Gasteiger partial charge in [0, 0.05) is 46.0 Å². The normalized spacial score (nSPS) is 10.7. The van der Waals surface area contributed by atoms with Crippen molar-refractivity contribution in [3.63, 3.8) is 0 Å². The average Bonchev–Trinajstić information content (AvgIpc) is 2.18. The van der Waals surface area contributed by atoms with E-state index in [-0.39, 0.29) is 24.8 Å². The van der Waals surface area contributed by atoms with Crippen LogP contribution in [0.25, 0.3) is 0 Å². The van der Waals surface area contributed by atoms with Gasteiger partial charge in [0.2, 0.25) is 0 Å². The molecule has 0 aromatic carbocycles. The van der Waals surface area contributed by atoms with Gasteiger partial charge in [0.1, 0.15) is 0 Å². The first-order valence-corrected chi connectivity index (χ1v) is 7.12. The van der Waals surface area contributed by atoms with Crippen LogP contribution in [0.1, 0.15) is 32.6 Å². The van der Waals surface area contributed by atoms with Crippen molar-refractivity contribution in [2.75, 3.05) is 14.2 Å². The van der Waals surface area contributed by atoms with E-state index < -0.39 is 8.80 Å². The average molecular weight is 227 g/mol. The molecule has 0 rings (SSSR count). The smallest absolute Gasteiger partial charge is 0.473 e. The van der Waals surface area contributed by atoms with Gasteiger partial charge in [-0.25, -0.2) is 0 Å². The number of carbonyl (C=O) groups excluding carboxylic acids is 1. The summed E-state index contributed by atoms with van der Waals surface area (Å²) in [5, 5.41) is 0. The predicted octanol–water partition coefficient (Wildman–Crippen LogP) is 1.59. The Balaban J connectivity index is 0. The maximum atomic E-state index is 11.3. The molecule has 0 spiro atoms. The molecule has 6 heteroatoms. The summed E-state index contributed by atoms with van der Waals surface area (Å²) in [5.41, 5.74) is 0. The van der Waals surface area contributed by atoms with E-state index in [2.05, 4.69) is 6.92 Å². The Morgan fingerprint density at radius 3 is 2.13 bits per heavy atom. The fourth-order valence-electron chi connectivity index (χ4n) is 0.944. The summed E-state index contributed by atoms with van der Waals surface area (Å²) in [5.74, 6) is -0.226. The zero-order chi connectivity index (χ0) is 11.0. The van der Waals surface area contributed by atoms with Crippen molar-refractivity contribution in [3.8, 4) is 0 Å². The van der Waals surface area contributed by atoms with Crippen LogP contribution >= 0.6 is 0 Å². The number of hydrogen-bond acceptors (Lipinski definition) is 4. The van der Waals surface area contributed by atoms with E-state index in [9.17, 15) is 4.79 Å². The Labute approximate surface area is 105 Å². The number of rotatable bonds is 7. The molecule has 0 aliphatic rings. The Morgan fingerprint density at radius 2 is 1.73 bits per heavy atom. The summed E-state index contributed by atoms with van der Waals surface area (Å²) < 4.78 is 15.2. The molecule has 0 bridgehead atoms. The summed E-state index contributed by atoms with van der Waals surface area (Å²) in [6, 6.07) is 0. The molecular formula is C9H20LiO4Si. The maximum absolute atomic E-state index is 11.3. The molecule has 0 saturated heterocycles. The predicted molar refractivity (Wildman–Crippen MR) is 61.6 cm³/mol. The molecule has 0 saturated carbocycles. The molecule has 4 nitrogen and oxygen atoms in total. The fraction of sp³-hybridized carbons (Fsp3) is 0.889. The van der Waals surface area contributed by atoms with Gasteiger partial charge in [0.05, 0.1) is 0 Å². The summed E-state index contributed by atoms with van der Waals surface area (Å²) in [7, 11) is 0.320. The van der Waals surface area contributed by atoms with Crippen molar-refractivity contribution in [2.45, 2.75) is 39.2 Å². The van der Waals surface area contributed by atoms with E-state index in [1.165, 1.54) is 14.2 Å². The van der Waals surface area contributed by atoms with Crippen LogP contribution in [0.3, 0.4) is 0 Å². The number of hydrogen-bond donors (Lipinski definition) is 0.